The van der Waals surface area contributed by atoms with E-state index in [1.165, 1.54) is 48.5 Å². The molecular formula is C44H39F8NO4. The molecule has 1 unspecified atom stereocenters. The third kappa shape index (κ3) is 8.77. The lowest BCUT2D eigenvalue weighted by molar-refractivity contribution is -0.148. The fourth-order valence-corrected chi connectivity index (χ4v) is 6.87. The molecule has 0 radical (unpaired) electrons. The van der Waals surface area contributed by atoms with Crippen LogP contribution in [0.15, 0.2) is 97.1 Å². The monoisotopic (exact) mass is 797 g/mol. The number of ketones is 2. The molecule has 0 spiro atoms. The molecule has 5 aromatic carbocycles. The fraction of sp³-hybridized carbons (Fsp3) is 0.318. The van der Waals surface area contributed by atoms with Gasteiger partial charge in [-0.1, -0.05) is 57.4 Å². The first kappa shape index (κ1) is 41.2. The number of halogens is 8. The summed E-state index contributed by atoms with van der Waals surface area (Å²) in [6.45, 7) is 1.88. The van der Waals surface area contributed by atoms with E-state index in [0.29, 0.717) is 39.7 Å². The maximum absolute atomic E-state index is 14.2. The molecule has 13 heteroatoms. The quantitative estimate of drug-likeness (QED) is 0.0642. The van der Waals surface area contributed by atoms with Crippen LogP contribution in [-0.2, 0) is 6.54 Å². The van der Waals surface area contributed by atoms with E-state index in [0.717, 1.165) is 42.1 Å². The summed E-state index contributed by atoms with van der Waals surface area (Å²) >= 11 is 0. The number of unbranched alkanes of at least 4 members (excludes halogenated alkanes) is 1. The average molecular weight is 798 g/mol. The van der Waals surface area contributed by atoms with Crippen LogP contribution in [0.3, 0.4) is 0 Å². The third-order valence-electron chi connectivity index (χ3n) is 10.1. The van der Waals surface area contributed by atoms with E-state index >= 15 is 0 Å². The van der Waals surface area contributed by atoms with Gasteiger partial charge in [0, 0.05) is 50.5 Å². The summed E-state index contributed by atoms with van der Waals surface area (Å²) in [6, 6.07) is 25.0. The van der Waals surface area contributed by atoms with Crippen LogP contribution in [0.1, 0.15) is 71.4 Å². The Morgan fingerprint density at radius 1 is 0.632 bits per heavy atom. The van der Waals surface area contributed by atoms with E-state index < -0.39 is 49.5 Å². The highest BCUT2D eigenvalue weighted by atomic mass is 19.3. The van der Waals surface area contributed by atoms with Crippen LogP contribution < -0.4 is 9.47 Å². The van der Waals surface area contributed by atoms with Gasteiger partial charge in [-0.3, -0.25) is 9.59 Å². The Kier molecular flexibility index (Phi) is 12.2. The summed E-state index contributed by atoms with van der Waals surface area (Å²) in [6.07, 6.45) is -3.79. The number of aromatic nitrogens is 1. The zero-order valence-electron chi connectivity index (χ0n) is 31.0. The molecule has 300 valence electrons. The second-order valence-electron chi connectivity index (χ2n) is 14.0. The van der Waals surface area contributed by atoms with Crippen molar-refractivity contribution in [2.75, 3.05) is 13.2 Å². The van der Waals surface area contributed by atoms with Crippen molar-refractivity contribution in [1.82, 2.24) is 4.57 Å². The largest absolute Gasteiger partial charge is 0.487 e. The van der Waals surface area contributed by atoms with Crippen LogP contribution in [0, 0.1) is 5.92 Å². The number of rotatable bonds is 18. The highest BCUT2D eigenvalue weighted by Crippen LogP contribution is 2.39. The summed E-state index contributed by atoms with van der Waals surface area (Å²) in [5.41, 5.74) is 2.72. The number of ether oxygens (including phenoxy) is 2. The number of carbonyl (C=O) groups is 2. The van der Waals surface area contributed by atoms with Crippen molar-refractivity contribution in [1.29, 1.82) is 0 Å². The Morgan fingerprint density at radius 2 is 1.16 bits per heavy atom. The number of hydrogen-bond acceptors (Lipinski definition) is 4. The van der Waals surface area contributed by atoms with Gasteiger partial charge in [-0.25, -0.2) is 17.6 Å². The second kappa shape index (κ2) is 17.0. The first-order chi connectivity index (χ1) is 27.1. The highest BCUT2D eigenvalue weighted by Gasteiger charge is 2.42. The normalized spacial score (nSPS) is 12.9. The van der Waals surface area contributed by atoms with Crippen LogP contribution in [0.25, 0.3) is 32.6 Å². The molecule has 0 amide bonds. The molecule has 57 heavy (non-hydrogen) atoms. The first-order valence-corrected chi connectivity index (χ1v) is 18.5. The lowest BCUT2D eigenvalue weighted by Crippen LogP contribution is -2.33. The smallest absolute Gasteiger partial charge is 0.340 e. The summed E-state index contributed by atoms with van der Waals surface area (Å²) < 4.78 is 116. The number of fused-ring (bicyclic) bond motifs is 5. The van der Waals surface area contributed by atoms with Crippen LogP contribution in [-0.4, -0.2) is 54.0 Å². The highest BCUT2D eigenvalue weighted by molar-refractivity contribution is 6.26. The molecule has 1 aromatic heterocycles. The van der Waals surface area contributed by atoms with E-state index in [-0.39, 0.29) is 22.6 Å². The van der Waals surface area contributed by atoms with E-state index in [1.54, 1.807) is 18.2 Å². The number of benzene rings is 5. The zero-order valence-corrected chi connectivity index (χ0v) is 31.0. The van der Waals surface area contributed by atoms with Crippen molar-refractivity contribution in [3.8, 4) is 11.5 Å². The van der Waals surface area contributed by atoms with Gasteiger partial charge in [0.1, 0.15) is 11.5 Å². The van der Waals surface area contributed by atoms with Crippen LogP contribution in [0.2, 0.25) is 0 Å². The zero-order chi connectivity index (χ0) is 41.1. The molecule has 1 heterocycles. The summed E-state index contributed by atoms with van der Waals surface area (Å²) in [5, 5.41) is 2.83. The van der Waals surface area contributed by atoms with Crippen LogP contribution >= 0.6 is 0 Å². The van der Waals surface area contributed by atoms with Crippen LogP contribution in [0.4, 0.5) is 35.1 Å². The van der Waals surface area contributed by atoms with Gasteiger partial charge in [-0.15, -0.1) is 0 Å². The standard InChI is InChI=1S/C44H39F8NO4/c1-3-5-8-26(4-2)23-53-37-20-15-29(39(54)27-11-16-30(17-12-27)56-24-43(49,50)41(45)46)21-34(37)35-22-36(32-9-6-7-10-33(32)38(35)53)40(55)28-13-18-31(19-14-28)57-25-44(51,52)42(47)48/h6-7,9-22,26,41-42H,3-5,8,23-25H2,1-2H3. The molecular weight excluding hydrogens is 758 g/mol. The molecule has 1 atom stereocenters. The molecule has 0 N–H and O–H groups in total. The topological polar surface area (TPSA) is 57.5 Å². The van der Waals surface area contributed by atoms with Crippen molar-refractivity contribution in [3.05, 3.63) is 119 Å². The molecule has 5 nitrogen and oxygen atoms in total. The summed E-state index contributed by atoms with van der Waals surface area (Å²) in [7, 11) is 0. The van der Waals surface area contributed by atoms with E-state index in [1.807, 2.05) is 30.3 Å². The Balaban J connectivity index is 1.42. The molecule has 0 aliphatic carbocycles. The van der Waals surface area contributed by atoms with Gasteiger partial charge in [-0.2, -0.15) is 17.6 Å². The molecule has 0 aliphatic rings. The maximum Gasteiger partial charge on any atom is 0.340 e. The number of nitrogens with zero attached hydrogens (tertiary/aromatic N) is 1. The lowest BCUT2D eigenvalue weighted by atomic mass is 9.94. The second-order valence-corrected chi connectivity index (χ2v) is 14.0. The van der Waals surface area contributed by atoms with Crippen molar-refractivity contribution in [2.24, 2.45) is 5.92 Å². The maximum atomic E-state index is 14.2. The average Bonchev–Trinajstić information content (AvgIpc) is 3.52. The molecule has 0 aliphatic heterocycles. The molecule has 0 saturated carbocycles. The van der Waals surface area contributed by atoms with E-state index in [4.69, 9.17) is 9.47 Å². The Bertz CT molecular complexity index is 2370. The molecule has 0 bridgehead atoms. The minimum atomic E-state index is -4.35. The van der Waals surface area contributed by atoms with Crippen molar-refractivity contribution >= 4 is 44.1 Å². The number of carbonyl (C=O) groups excluding carboxylic acids is 2. The Hall–Kier alpha value is -5.46. The molecule has 6 aromatic rings. The molecule has 6 rings (SSSR count). The minimum Gasteiger partial charge on any atom is -0.487 e. The van der Waals surface area contributed by atoms with Gasteiger partial charge in [0.05, 0.1) is 5.52 Å². The van der Waals surface area contributed by atoms with Crippen molar-refractivity contribution in [2.45, 2.75) is 70.8 Å². The van der Waals surface area contributed by atoms with Crippen molar-refractivity contribution in [3.63, 3.8) is 0 Å². The minimum absolute atomic E-state index is 0.113. The summed E-state index contributed by atoms with van der Waals surface area (Å²) in [4.78, 5) is 28.0. The number of hydrogen-bond donors (Lipinski definition) is 0. The van der Waals surface area contributed by atoms with Gasteiger partial charge in [0.2, 0.25) is 0 Å². The van der Waals surface area contributed by atoms with Crippen LogP contribution in [0.5, 0.6) is 11.5 Å². The molecule has 0 saturated heterocycles. The van der Waals surface area contributed by atoms with E-state index in [2.05, 4.69) is 18.4 Å². The van der Waals surface area contributed by atoms with Gasteiger partial charge in [0.15, 0.2) is 24.8 Å². The third-order valence-corrected chi connectivity index (χ3v) is 10.1. The first-order valence-electron chi connectivity index (χ1n) is 18.5. The Morgan fingerprint density at radius 3 is 1.68 bits per heavy atom. The van der Waals surface area contributed by atoms with Crippen molar-refractivity contribution < 1.29 is 54.2 Å². The van der Waals surface area contributed by atoms with Gasteiger partial charge >= 0.3 is 24.7 Å². The summed E-state index contributed by atoms with van der Waals surface area (Å²) in [5.74, 6) is -9.38. The lowest BCUT2D eigenvalue weighted by Gasteiger charge is -2.18. The predicted octanol–water partition coefficient (Wildman–Crippen LogP) is 12.2. The Labute approximate surface area is 323 Å². The van der Waals surface area contributed by atoms with E-state index in [9.17, 15) is 44.7 Å². The predicted molar refractivity (Wildman–Crippen MR) is 203 cm³/mol. The fourth-order valence-electron chi connectivity index (χ4n) is 6.87. The van der Waals surface area contributed by atoms with Gasteiger partial charge in [0.25, 0.3) is 0 Å². The van der Waals surface area contributed by atoms with Gasteiger partial charge < -0.3 is 14.0 Å². The van der Waals surface area contributed by atoms with Gasteiger partial charge in [-0.05, 0) is 90.5 Å². The number of alkyl halides is 8. The molecule has 0 fully saturated rings. The SMILES string of the molecule is CCCCC(CC)Cn1c2ccc(C(=O)c3ccc(OCC(F)(F)C(F)F)cc3)cc2c2cc(C(=O)c3ccc(OCC(F)(F)C(F)F)cc3)c3ccccc3c21.